The minimum atomic E-state index is -0.553. The molecule has 0 saturated heterocycles. The van der Waals surface area contributed by atoms with Crippen molar-refractivity contribution in [3.05, 3.63) is 11.6 Å². The van der Waals surface area contributed by atoms with Crippen LogP contribution in [0.3, 0.4) is 0 Å². The van der Waals surface area contributed by atoms with Gasteiger partial charge in [0.1, 0.15) is 0 Å². The Hall–Kier alpha value is -0.340. The lowest BCUT2D eigenvalue weighted by Crippen LogP contribution is -2.55. The van der Waals surface area contributed by atoms with E-state index < -0.39 is 5.60 Å². The molecule has 2 nitrogen and oxygen atoms in total. The number of rotatable bonds is 3. The maximum absolute atomic E-state index is 10.2. The first-order chi connectivity index (χ1) is 6.37. The van der Waals surface area contributed by atoms with Crippen LogP contribution in [0.15, 0.2) is 11.6 Å². The summed E-state index contributed by atoms with van der Waals surface area (Å²) >= 11 is 0. The van der Waals surface area contributed by atoms with Gasteiger partial charge in [-0.15, -0.1) is 0 Å². The van der Waals surface area contributed by atoms with Crippen LogP contribution >= 0.6 is 0 Å². The smallest absolute Gasteiger partial charge is 0.0797 e. The molecule has 1 fully saturated rings. The van der Waals surface area contributed by atoms with Gasteiger partial charge < -0.3 is 10.4 Å². The lowest BCUT2D eigenvalue weighted by molar-refractivity contribution is -0.00477. The monoisotopic (exact) mass is 197 g/mol. The zero-order chi connectivity index (χ0) is 10.8. The zero-order valence-electron chi connectivity index (χ0n) is 9.85. The fourth-order valence-electron chi connectivity index (χ4n) is 2.09. The molecule has 2 unspecified atom stereocenters. The predicted octanol–water partition coefficient (Wildman–Crippen LogP) is 2.24. The van der Waals surface area contributed by atoms with Crippen LogP contribution in [0.25, 0.3) is 0 Å². The largest absolute Gasteiger partial charge is 0.388 e. The van der Waals surface area contributed by atoms with Gasteiger partial charge in [-0.05, 0) is 47.0 Å². The molecule has 82 valence electrons. The van der Waals surface area contributed by atoms with Crippen molar-refractivity contribution in [1.82, 2.24) is 5.32 Å². The predicted molar refractivity (Wildman–Crippen MR) is 60.3 cm³/mol. The average Bonchev–Trinajstić information content (AvgIpc) is 2.26. The molecule has 0 bridgehead atoms. The molecular weight excluding hydrogens is 174 g/mol. The Labute approximate surface area is 87.4 Å². The third-order valence-electron chi connectivity index (χ3n) is 3.53. The highest BCUT2D eigenvalue weighted by molar-refractivity contribution is 5.07. The quantitative estimate of drug-likeness (QED) is 0.680. The number of nitrogens with one attached hydrogen (secondary N) is 1. The highest BCUT2D eigenvalue weighted by atomic mass is 16.3. The molecule has 2 atom stereocenters. The van der Waals surface area contributed by atoms with Crippen molar-refractivity contribution < 1.29 is 5.11 Å². The fourth-order valence-corrected chi connectivity index (χ4v) is 2.09. The lowest BCUT2D eigenvalue weighted by Gasteiger charge is -2.37. The zero-order valence-corrected chi connectivity index (χ0v) is 9.85. The fraction of sp³-hybridized carbons (Fsp3) is 0.833. The van der Waals surface area contributed by atoms with Crippen LogP contribution in [-0.2, 0) is 0 Å². The Balaban J connectivity index is 2.54. The van der Waals surface area contributed by atoms with E-state index in [-0.39, 0.29) is 5.54 Å². The maximum atomic E-state index is 10.2. The van der Waals surface area contributed by atoms with Crippen molar-refractivity contribution in [1.29, 1.82) is 0 Å². The maximum Gasteiger partial charge on any atom is 0.0797 e. The SMILES string of the molecule is CC(C)=CCNC1(C)CCCC1(C)O. The second-order valence-electron chi connectivity index (χ2n) is 5.12. The molecule has 1 aliphatic rings. The molecule has 1 saturated carbocycles. The third kappa shape index (κ3) is 2.37. The number of aliphatic hydroxyl groups is 1. The van der Waals surface area contributed by atoms with Gasteiger partial charge in [-0.3, -0.25) is 0 Å². The number of hydrogen-bond donors (Lipinski definition) is 2. The van der Waals surface area contributed by atoms with Gasteiger partial charge in [0.2, 0.25) is 0 Å². The standard InChI is InChI=1S/C12H23NO/c1-10(2)6-9-13-11(3)7-5-8-12(11,4)14/h6,13-14H,5,7-9H2,1-4H3. The van der Waals surface area contributed by atoms with Crippen LogP contribution in [-0.4, -0.2) is 22.8 Å². The van der Waals surface area contributed by atoms with Gasteiger partial charge in [0.05, 0.1) is 5.60 Å². The summed E-state index contributed by atoms with van der Waals surface area (Å²) in [7, 11) is 0. The Kier molecular flexibility index (Phi) is 3.38. The molecule has 0 aliphatic heterocycles. The Morgan fingerprint density at radius 1 is 1.36 bits per heavy atom. The summed E-state index contributed by atoms with van der Waals surface area (Å²) in [6, 6.07) is 0. The first-order valence-corrected chi connectivity index (χ1v) is 5.48. The minimum Gasteiger partial charge on any atom is -0.388 e. The van der Waals surface area contributed by atoms with Crippen LogP contribution in [0.4, 0.5) is 0 Å². The number of allylic oxidation sites excluding steroid dienone is 1. The lowest BCUT2D eigenvalue weighted by atomic mass is 9.86. The van der Waals surface area contributed by atoms with E-state index in [1.165, 1.54) is 5.57 Å². The Bertz CT molecular complexity index is 228. The Morgan fingerprint density at radius 3 is 2.43 bits per heavy atom. The molecule has 2 N–H and O–H groups in total. The molecule has 0 aromatic rings. The van der Waals surface area contributed by atoms with Crippen molar-refractivity contribution in [3.63, 3.8) is 0 Å². The highest BCUT2D eigenvalue weighted by Crippen LogP contribution is 2.38. The summed E-state index contributed by atoms with van der Waals surface area (Å²) in [6.45, 7) is 9.11. The van der Waals surface area contributed by atoms with Gasteiger partial charge in [0, 0.05) is 12.1 Å². The van der Waals surface area contributed by atoms with Crippen LogP contribution in [0.1, 0.15) is 47.0 Å². The molecule has 0 spiro atoms. The average molecular weight is 197 g/mol. The van der Waals surface area contributed by atoms with Crippen LogP contribution < -0.4 is 5.32 Å². The summed E-state index contributed by atoms with van der Waals surface area (Å²) in [5.41, 5.74) is 0.653. The molecule has 14 heavy (non-hydrogen) atoms. The second-order valence-corrected chi connectivity index (χ2v) is 5.12. The molecule has 0 heterocycles. The normalized spacial score (nSPS) is 37.2. The summed E-state index contributed by atoms with van der Waals surface area (Å²) < 4.78 is 0. The van der Waals surface area contributed by atoms with E-state index in [0.29, 0.717) is 0 Å². The summed E-state index contributed by atoms with van der Waals surface area (Å²) in [4.78, 5) is 0. The van der Waals surface area contributed by atoms with Crippen LogP contribution in [0, 0.1) is 0 Å². The van der Waals surface area contributed by atoms with Gasteiger partial charge in [0.25, 0.3) is 0 Å². The highest BCUT2D eigenvalue weighted by Gasteiger charge is 2.46. The van der Waals surface area contributed by atoms with E-state index in [0.717, 1.165) is 25.8 Å². The number of hydrogen-bond acceptors (Lipinski definition) is 2. The first kappa shape index (κ1) is 11.7. The first-order valence-electron chi connectivity index (χ1n) is 5.48. The van der Waals surface area contributed by atoms with Crippen LogP contribution in [0.2, 0.25) is 0 Å². The van der Waals surface area contributed by atoms with E-state index in [9.17, 15) is 5.11 Å². The summed E-state index contributed by atoms with van der Waals surface area (Å²) in [5, 5.41) is 13.6. The van der Waals surface area contributed by atoms with Gasteiger partial charge in [-0.25, -0.2) is 0 Å². The van der Waals surface area contributed by atoms with Gasteiger partial charge in [0.15, 0.2) is 0 Å². The summed E-state index contributed by atoms with van der Waals surface area (Å²) in [6.07, 6.45) is 5.26. The molecule has 0 amide bonds. The van der Waals surface area contributed by atoms with Gasteiger partial charge in [-0.1, -0.05) is 11.6 Å². The van der Waals surface area contributed by atoms with Crippen LogP contribution in [0.5, 0.6) is 0 Å². The van der Waals surface area contributed by atoms with E-state index in [4.69, 9.17) is 0 Å². The van der Waals surface area contributed by atoms with Crippen molar-refractivity contribution in [2.45, 2.75) is 58.1 Å². The van der Waals surface area contributed by atoms with Crippen molar-refractivity contribution in [2.75, 3.05) is 6.54 Å². The molecule has 1 rings (SSSR count). The molecule has 2 heteroatoms. The van der Waals surface area contributed by atoms with E-state index in [2.05, 4.69) is 32.2 Å². The van der Waals surface area contributed by atoms with E-state index in [1.54, 1.807) is 0 Å². The molecule has 0 radical (unpaired) electrons. The second kappa shape index (κ2) is 4.03. The van der Waals surface area contributed by atoms with Gasteiger partial charge >= 0.3 is 0 Å². The van der Waals surface area contributed by atoms with E-state index >= 15 is 0 Å². The molecule has 0 aromatic heterocycles. The van der Waals surface area contributed by atoms with E-state index in [1.807, 2.05) is 6.92 Å². The minimum absolute atomic E-state index is 0.112. The third-order valence-corrected chi connectivity index (χ3v) is 3.53. The van der Waals surface area contributed by atoms with Crippen molar-refractivity contribution >= 4 is 0 Å². The van der Waals surface area contributed by atoms with Crippen molar-refractivity contribution in [3.8, 4) is 0 Å². The Morgan fingerprint density at radius 2 is 2.00 bits per heavy atom. The topological polar surface area (TPSA) is 32.3 Å². The van der Waals surface area contributed by atoms with Crippen molar-refractivity contribution in [2.24, 2.45) is 0 Å². The molecule has 0 aromatic carbocycles. The molecule has 1 aliphatic carbocycles. The molecular formula is C12H23NO. The summed E-state index contributed by atoms with van der Waals surface area (Å²) in [5.74, 6) is 0. The van der Waals surface area contributed by atoms with Gasteiger partial charge in [-0.2, -0.15) is 0 Å².